The highest BCUT2D eigenvalue weighted by Crippen LogP contribution is 2.21. The number of nitrogens with zero attached hydrogens (tertiary/aromatic N) is 1. The standard InChI is InChI=1S/C11H9BrFNO/c12-9-3-1-8(2-4-9)11-14-7-10(15-11)5-6-13/h1-4,7H,5-6H2. The number of benzene rings is 1. The van der Waals surface area contributed by atoms with Crippen LogP contribution in [0.2, 0.25) is 0 Å². The quantitative estimate of drug-likeness (QED) is 0.851. The number of alkyl halides is 1. The van der Waals surface area contributed by atoms with Crippen LogP contribution in [0.1, 0.15) is 5.76 Å². The van der Waals surface area contributed by atoms with Gasteiger partial charge in [-0.15, -0.1) is 0 Å². The lowest BCUT2D eigenvalue weighted by molar-refractivity contribution is 0.443. The lowest BCUT2D eigenvalue weighted by Crippen LogP contribution is -1.81. The minimum absolute atomic E-state index is 0.281. The highest BCUT2D eigenvalue weighted by molar-refractivity contribution is 9.10. The number of halogens is 2. The molecule has 0 fully saturated rings. The van der Waals surface area contributed by atoms with Crippen molar-refractivity contribution in [3.63, 3.8) is 0 Å². The fourth-order valence-electron chi connectivity index (χ4n) is 1.24. The summed E-state index contributed by atoms with van der Waals surface area (Å²) >= 11 is 3.35. The van der Waals surface area contributed by atoms with Crippen LogP contribution in [-0.2, 0) is 6.42 Å². The number of rotatable bonds is 3. The Bertz CT molecular complexity index is 438. The Morgan fingerprint density at radius 1 is 1.27 bits per heavy atom. The van der Waals surface area contributed by atoms with E-state index in [4.69, 9.17) is 4.42 Å². The first-order chi connectivity index (χ1) is 7.29. The molecule has 1 heterocycles. The monoisotopic (exact) mass is 269 g/mol. The third-order valence-electron chi connectivity index (χ3n) is 1.99. The second kappa shape index (κ2) is 4.57. The van der Waals surface area contributed by atoms with E-state index in [0.717, 1.165) is 10.0 Å². The molecule has 0 saturated heterocycles. The van der Waals surface area contributed by atoms with Gasteiger partial charge >= 0.3 is 0 Å². The molecule has 2 rings (SSSR count). The summed E-state index contributed by atoms with van der Waals surface area (Å²) in [6.45, 7) is -0.422. The molecule has 0 amide bonds. The molecule has 0 unspecified atom stereocenters. The SMILES string of the molecule is FCCc1cnc(-c2ccc(Br)cc2)o1. The van der Waals surface area contributed by atoms with Crippen molar-refractivity contribution in [2.75, 3.05) is 6.67 Å². The molecule has 1 aromatic carbocycles. The average molecular weight is 270 g/mol. The zero-order chi connectivity index (χ0) is 10.7. The van der Waals surface area contributed by atoms with Gasteiger partial charge in [-0.05, 0) is 24.3 Å². The predicted octanol–water partition coefficient (Wildman–Crippen LogP) is 3.62. The van der Waals surface area contributed by atoms with Crippen LogP contribution in [0.15, 0.2) is 39.4 Å². The molecule has 0 atom stereocenters. The Hall–Kier alpha value is -1.16. The van der Waals surface area contributed by atoms with E-state index in [1.807, 2.05) is 24.3 Å². The Labute approximate surface area is 95.3 Å². The molecule has 0 aliphatic rings. The van der Waals surface area contributed by atoms with Gasteiger partial charge in [-0.2, -0.15) is 0 Å². The summed E-state index contributed by atoms with van der Waals surface area (Å²) in [5, 5.41) is 0. The molecular weight excluding hydrogens is 261 g/mol. The molecule has 0 aliphatic carbocycles. The van der Waals surface area contributed by atoms with Crippen molar-refractivity contribution in [2.45, 2.75) is 6.42 Å². The van der Waals surface area contributed by atoms with Gasteiger partial charge in [0.15, 0.2) is 0 Å². The van der Waals surface area contributed by atoms with Crippen molar-refractivity contribution in [1.29, 1.82) is 0 Å². The van der Waals surface area contributed by atoms with Gasteiger partial charge in [0.2, 0.25) is 5.89 Å². The maximum absolute atomic E-state index is 12.0. The van der Waals surface area contributed by atoms with Crippen LogP contribution in [0.3, 0.4) is 0 Å². The normalized spacial score (nSPS) is 10.5. The van der Waals surface area contributed by atoms with Gasteiger partial charge in [-0.25, -0.2) is 4.98 Å². The smallest absolute Gasteiger partial charge is 0.226 e. The van der Waals surface area contributed by atoms with Crippen LogP contribution < -0.4 is 0 Å². The molecule has 0 aliphatic heterocycles. The number of aromatic nitrogens is 1. The first-order valence-corrected chi connectivity index (χ1v) is 5.35. The van der Waals surface area contributed by atoms with Gasteiger partial charge in [0, 0.05) is 16.5 Å². The minimum atomic E-state index is -0.422. The van der Waals surface area contributed by atoms with Gasteiger partial charge in [0.1, 0.15) is 5.76 Å². The van der Waals surface area contributed by atoms with E-state index >= 15 is 0 Å². The summed E-state index contributed by atoms with van der Waals surface area (Å²) < 4.78 is 18.4. The van der Waals surface area contributed by atoms with Crippen molar-refractivity contribution in [3.05, 3.63) is 40.7 Å². The molecule has 4 heteroatoms. The first-order valence-electron chi connectivity index (χ1n) is 4.56. The lowest BCUT2D eigenvalue weighted by atomic mass is 10.2. The molecule has 2 aromatic rings. The van der Waals surface area contributed by atoms with E-state index in [-0.39, 0.29) is 6.42 Å². The number of hydrogen-bond donors (Lipinski definition) is 0. The fraction of sp³-hybridized carbons (Fsp3) is 0.182. The van der Waals surface area contributed by atoms with Crippen molar-refractivity contribution in [3.8, 4) is 11.5 Å². The van der Waals surface area contributed by atoms with E-state index in [0.29, 0.717) is 11.7 Å². The zero-order valence-electron chi connectivity index (χ0n) is 7.91. The lowest BCUT2D eigenvalue weighted by Gasteiger charge is -1.95. The van der Waals surface area contributed by atoms with E-state index in [1.165, 1.54) is 0 Å². The van der Waals surface area contributed by atoms with Crippen molar-refractivity contribution in [1.82, 2.24) is 4.98 Å². The second-order valence-electron chi connectivity index (χ2n) is 3.08. The molecule has 0 radical (unpaired) electrons. The van der Waals surface area contributed by atoms with Gasteiger partial charge in [-0.1, -0.05) is 15.9 Å². The predicted molar refractivity (Wildman–Crippen MR) is 59.3 cm³/mol. The van der Waals surface area contributed by atoms with E-state index in [9.17, 15) is 4.39 Å². The van der Waals surface area contributed by atoms with Gasteiger partial charge in [0.25, 0.3) is 0 Å². The molecule has 0 spiro atoms. The van der Waals surface area contributed by atoms with Crippen molar-refractivity contribution < 1.29 is 8.81 Å². The van der Waals surface area contributed by atoms with Crippen LogP contribution >= 0.6 is 15.9 Å². The van der Waals surface area contributed by atoms with Gasteiger partial charge in [0.05, 0.1) is 12.9 Å². The number of oxazole rings is 1. The first kappa shape index (κ1) is 10.4. The topological polar surface area (TPSA) is 26.0 Å². The highest BCUT2D eigenvalue weighted by Gasteiger charge is 2.05. The summed E-state index contributed by atoms with van der Waals surface area (Å²) in [6.07, 6.45) is 1.85. The van der Waals surface area contributed by atoms with Crippen LogP contribution in [0, 0.1) is 0 Å². The molecule has 1 aromatic heterocycles. The summed E-state index contributed by atoms with van der Waals surface area (Å²) in [5.74, 6) is 1.11. The van der Waals surface area contributed by atoms with Crippen molar-refractivity contribution >= 4 is 15.9 Å². The molecule has 15 heavy (non-hydrogen) atoms. The van der Waals surface area contributed by atoms with Crippen LogP contribution in [0.25, 0.3) is 11.5 Å². The fourth-order valence-corrected chi connectivity index (χ4v) is 1.51. The largest absolute Gasteiger partial charge is 0.441 e. The number of hydrogen-bond acceptors (Lipinski definition) is 2. The summed E-state index contributed by atoms with van der Waals surface area (Å²) in [6, 6.07) is 7.62. The minimum Gasteiger partial charge on any atom is -0.441 e. The second-order valence-corrected chi connectivity index (χ2v) is 3.99. The molecule has 0 bridgehead atoms. The maximum atomic E-state index is 12.0. The Morgan fingerprint density at radius 3 is 2.67 bits per heavy atom. The van der Waals surface area contributed by atoms with Crippen LogP contribution in [-0.4, -0.2) is 11.7 Å². The van der Waals surface area contributed by atoms with Crippen LogP contribution in [0.4, 0.5) is 4.39 Å². The molecular formula is C11H9BrFNO. The summed E-state index contributed by atoms with van der Waals surface area (Å²) in [5.41, 5.74) is 0.892. The Kier molecular flexibility index (Phi) is 3.16. The Balaban J connectivity index is 2.25. The van der Waals surface area contributed by atoms with Crippen LogP contribution in [0.5, 0.6) is 0 Å². The Morgan fingerprint density at radius 2 is 2.00 bits per heavy atom. The maximum Gasteiger partial charge on any atom is 0.226 e. The zero-order valence-corrected chi connectivity index (χ0v) is 9.50. The van der Waals surface area contributed by atoms with Gasteiger partial charge < -0.3 is 4.42 Å². The van der Waals surface area contributed by atoms with Gasteiger partial charge in [-0.3, -0.25) is 4.39 Å². The molecule has 0 N–H and O–H groups in total. The molecule has 78 valence electrons. The third kappa shape index (κ3) is 2.45. The molecule has 0 saturated carbocycles. The number of aryl methyl sites for hydroxylation is 1. The summed E-state index contributed by atoms with van der Waals surface area (Å²) in [4.78, 5) is 4.09. The average Bonchev–Trinajstić information content (AvgIpc) is 2.68. The third-order valence-corrected chi connectivity index (χ3v) is 2.51. The molecule has 2 nitrogen and oxygen atoms in total. The highest BCUT2D eigenvalue weighted by atomic mass is 79.9. The van der Waals surface area contributed by atoms with E-state index in [1.54, 1.807) is 6.20 Å². The van der Waals surface area contributed by atoms with E-state index < -0.39 is 6.67 Å². The van der Waals surface area contributed by atoms with Crippen molar-refractivity contribution in [2.24, 2.45) is 0 Å². The van der Waals surface area contributed by atoms with E-state index in [2.05, 4.69) is 20.9 Å². The summed E-state index contributed by atoms with van der Waals surface area (Å²) in [7, 11) is 0.